The fourth-order valence-corrected chi connectivity index (χ4v) is 4.18. The maximum atomic E-state index is 12.8. The second kappa shape index (κ2) is 12.3. The lowest BCUT2D eigenvalue weighted by molar-refractivity contribution is 0.0733. The zero-order chi connectivity index (χ0) is 28.8. The summed E-state index contributed by atoms with van der Waals surface area (Å²) in [6.07, 6.45) is 1.36. The molecule has 10 nitrogen and oxygen atoms in total. The van der Waals surface area contributed by atoms with Crippen molar-refractivity contribution in [3.63, 3.8) is 0 Å². The number of nitrogens with one attached hydrogen (secondary N) is 2. The molecule has 0 aromatic heterocycles. The Morgan fingerprint density at radius 2 is 1.63 bits per heavy atom. The van der Waals surface area contributed by atoms with Crippen molar-refractivity contribution in [2.24, 2.45) is 5.10 Å². The molecule has 0 aliphatic carbocycles. The Kier molecular flexibility index (Phi) is 8.26. The van der Waals surface area contributed by atoms with Gasteiger partial charge in [0.15, 0.2) is 11.5 Å². The molecule has 0 spiro atoms. The molecule has 1 heterocycles. The minimum absolute atomic E-state index is 0.0928. The van der Waals surface area contributed by atoms with Crippen LogP contribution < -0.4 is 29.7 Å². The first kappa shape index (κ1) is 27.4. The standard InChI is InChI=1S/C30H22BrN3O7/c1-38-24-9-5-18(6-10-24)28(35)33-23-4-2-3-19(14-23)29(36)34-32-16-21-13-22(31)8-12-25(21)41-30(37)20-7-11-26-27(15-20)40-17-39-26/h2-16H,17H2,1H3,(H,33,35)(H,34,36). The van der Waals surface area contributed by atoms with Gasteiger partial charge < -0.3 is 24.3 Å². The fraction of sp³-hybridized carbons (Fsp3) is 0.0667. The van der Waals surface area contributed by atoms with Gasteiger partial charge in [-0.3, -0.25) is 9.59 Å². The molecule has 0 fully saturated rings. The molecule has 0 saturated carbocycles. The molecule has 4 aromatic rings. The molecule has 1 aliphatic rings. The molecule has 2 N–H and O–H groups in total. The molecule has 41 heavy (non-hydrogen) atoms. The third kappa shape index (κ3) is 6.71. The van der Waals surface area contributed by atoms with Crippen LogP contribution in [0.4, 0.5) is 5.69 Å². The molecule has 0 saturated heterocycles. The summed E-state index contributed by atoms with van der Waals surface area (Å²) in [6.45, 7) is 0.0928. The van der Waals surface area contributed by atoms with Crippen LogP contribution >= 0.6 is 15.9 Å². The number of methoxy groups -OCH3 is 1. The lowest BCUT2D eigenvalue weighted by Crippen LogP contribution is -2.18. The van der Waals surface area contributed by atoms with Crippen LogP contribution in [0.3, 0.4) is 0 Å². The van der Waals surface area contributed by atoms with Crippen LogP contribution in [0.15, 0.2) is 94.5 Å². The Morgan fingerprint density at radius 3 is 2.44 bits per heavy atom. The normalized spacial score (nSPS) is 11.7. The van der Waals surface area contributed by atoms with E-state index in [2.05, 4.69) is 31.8 Å². The highest BCUT2D eigenvalue weighted by atomic mass is 79.9. The van der Waals surface area contributed by atoms with Gasteiger partial charge in [0.25, 0.3) is 11.8 Å². The Labute approximate surface area is 243 Å². The summed E-state index contributed by atoms with van der Waals surface area (Å²) in [6, 6.07) is 22.9. The van der Waals surface area contributed by atoms with E-state index >= 15 is 0 Å². The number of ether oxygens (including phenoxy) is 4. The first-order valence-electron chi connectivity index (χ1n) is 12.2. The number of fused-ring (bicyclic) bond motifs is 1. The van der Waals surface area contributed by atoms with Crippen molar-refractivity contribution in [3.8, 4) is 23.0 Å². The maximum absolute atomic E-state index is 12.8. The van der Waals surface area contributed by atoms with Gasteiger partial charge >= 0.3 is 5.97 Å². The predicted octanol–water partition coefficient (Wildman–Crippen LogP) is 5.42. The van der Waals surface area contributed by atoms with Crippen molar-refractivity contribution in [3.05, 3.63) is 112 Å². The number of esters is 1. The largest absolute Gasteiger partial charge is 0.497 e. The van der Waals surface area contributed by atoms with Crippen molar-refractivity contribution < 1.29 is 33.3 Å². The van der Waals surface area contributed by atoms with Crippen LogP contribution in [0.5, 0.6) is 23.0 Å². The van der Waals surface area contributed by atoms with Crippen molar-refractivity contribution in [2.45, 2.75) is 0 Å². The van der Waals surface area contributed by atoms with E-state index in [4.69, 9.17) is 18.9 Å². The smallest absolute Gasteiger partial charge is 0.343 e. The lowest BCUT2D eigenvalue weighted by Gasteiger charge is -2.09. The average molecular weight is 616 g/mol. The summed E-state index contributed by atoms with van der Waals surface area (Å²) in [5.41, 5.74) is 4.33. The highest BCUT2D eigenvalue weighted by Crippen LogP contribution is 2.33. The zero-order valence-electron chi connectivity index (χ0n) is 21.6. The molecule has 11 heteroatoms. The molecule has 1 aliphatic heterocycles. The van der Waals surface area contributed by atoms with Crippen molar-refractivity contribution in [1.29, 1.82) is 0 Å². The number of hydrazone groups is 1. The SMILES string of the molecule is COc1ccc(C(=O)Nc2cccc(C(=O)NN=Cc3cc(Br)ccc3OC(=O)c3ccc4c(c3)OCO4)c2)cc1. The third-order valence-corrected chi connectivity index (χ3v) is 6.38. The Bertz CT molecular complexity index is 1650. The van der Waals surface area contributed by atoms with Crippen LogP contribution in [0.1, 0.15) is 36.6 Å². The van der Waals surface area contributed by atoms with Gasteiger partial charge in [-0.1, -0.05) is 22.0 Å². The van der Waals surface area contributed by atoms with Gasteiger partial charge in [-0.15, -0.1) is 0 Å². The number of carbonyl (C=O) groups is 3. The highest BCUT2D eigenvalue weighted by Gasteiger charge is 2.18. The number of nitrogens with zero attached hydrogens (tertiary/aromatic N) is 1. The van der Waals surface area contributed by atoms with Gasteiger partial charge in [0, 0.05) is 26.9 Å². The fourth-order valence-electron chi connectivity index (χ4n) is 3.80. The van der Waals surface area contributed by atoms with Crippen LogP contribution in [-0.4, -0.2) is 37.9 Å². The van der Waals surface area contributed by atoms with E-state index in [0.717, 1.165) is 0 Å². The summed E-state index contributed by atoms with van der Waals surface area (Å²) in [4.78, 5) is 38.1. The average Bonchev–Trinajstić information content (AvgIpc) is 3.46. The Hall–Kier alpha value is -5.16. The number of anilines is 1. The highest BCUT2D eigenvalue weighted by molar-refractivity contribution is 9.10. The first-order valence-corrected chi connectivity index (χ1v) is 13.0. The number of amides is 2. The van der Waals surface area contributed by atoms with Crippen molar-refractivity contribution >= 4 is 45.6 Å². The number of halogens is 1. The molecule has 0 atom stereocenters. The predicted molar refractivity (Wildman–Crippen MR) is 154 cm³/mol. The number of carbonyl (C=O) groups excluding carboxylic acids is 3. The minimum Gasteiger partial charge on any atom is -0.497 e. The van der Waals surface area contributed by atoms with E-state index in [0.29, 0.717) is 38.5 Å². The van der Waals surface area contributed by atoms with E-state index in [1.807, 2.05) is 0 Å². The summed E-state index contributed by atoms with van der Waals surface area (Å²) >= 11 is 3.39. The van der Waals surface area contributed by atoms with Crippen LogP contribution in [0, 0.1) is 0 Å². The number of benzene rings is 4. The summed E-state index contributed by atoms with van der Waals surface area (Å²) in [5, 5.41) is 6.79. The van der Waals surface area contributed by atoms with Crippen molar-refractivity contribution in [1.82, 2.24) is 5.43 Å². The Balaban J connectivity index is 1.23. The molecule has 2 amide bonds. The van der Waals surface area contributed by atoms with Crippen molar-refractivity contribution in [2.75, 3.05) is 19.2 Å². The topological polar surface area (TPSA) is 125 Å². The zero-order valence-corrected chi connectivity index (χ0v) is 23.1. The molecular weight excluding hydrogens is 594 g/mol. The molecule has 206 valence electrons. The van der Waals surface area contributed by atoms with E-state index in [1.165, 1.54) is 12.3 Å². The second-order valence-corrected chi connectivity index (χ2v) is 9.52. The van der Waals surface area contributed by atoms with Gasteiger partial charge in [-0.25, -0.2) is 10.2 Å². The van der Waals surface area contributed by atoms with Crippen LogP contribution in [0.25, 0.3) is 0 Å². The quantitative estimate of drug-likeness (QED) is 0.117. The maximum Gasteiger partial charge on any atom is 0.343 e. The van der Waals surface area contributed by atoms with Gasteiger partial charge in [-0.2, -0.15) is 5.10 Å². The number of hydrogen-bond acceptors (Lipinski definition) is 8. The summed E-state index contributed by atoms with van der Waals surface area (Å²) in [5.74, 6) is 0.452. The number of hydrogen-bond donors (Lipinski definition) is 2. The number of rotatable bonds is 8. The third-order valence-electron chi connectivity index (χ3n) is 5.89. The van der Waals surface area contributed by atoms with Gasteiger partial charge in [0.05, 0.1) is 18.9 Å². The lowest BCUT2D eigenvalue weighted by atomic mass is 10.1. The van der Waals surface area contributed by atoms with Gasteiger partial charge in [-0.05, 0) is 78.9 Å². The second-order valence-electron chi connectivity index (χ2n) is 8.60. The Morgan fingerprint density at radius 1 is 0.854 bits per heavy atom. The van der Waals surface area contributed by atoms with E-state index in [9.17, 15) is 14.4 Å². The van der Waals surface area contributed by atoms with Crippen LogP contribution in [-0.2, 0) is 0 Å². The molecule has 0 unspecified atom stereocenters. The van der Waals surface area contributed by atoms with Gasteiger partial charge in [0.2, 0.25) is 6.79 Å². The van der Waals surface area contributed by atoms with Gasteiger partial charge in [0.1, 0.15) is 11.5 Å². The molecule has 5 rings (SSSR count). The molecular formula is C30H22BrN3O7. The monoisotopic (exact) mass is 615 g/mol. The van der Waals surface area contributed by atoms with E-state index < -0.39 is 11.9 Å². The molecule has 4 aromatic carbocycles. The molecule has 0 bridgehead atoms. The summed E-state index contributed by atoms with van der Waals surface area (Å²) in [7, 11) is 1.55. The molecule has 0 radical (unpaired) electrons. The first-order chi connectivity index (χ1) is 19.9. The van der Waals surface area contributed by atoms with E-state index in [-0.39, 0.29) is 29.6 Å². The minimum atomic E-state index is -0.599. The van der Waals surface area contributed by atoms with E-state index in [1.54, 1.807) is 86.0 Å². The summed E-state index contributed by atoms with van der Waals surface area (Å²) < 4.78 is 22.0. The van der Waals surface area contributed by atoms with Crippen LogP contribution in [0.2, 0.25) is 0 Å².